The zero-order valence-corrected chi connectivity index (χ0v) is 14.8. The van der Waals surface area contributed by atoms with Gasteiger partial charge in [-0.2, -0.15) is 0 Å². The molecule has 1 aromatic rings. The molecule has 112 valence electrons. The van der Waals surface area contributed by atoms with Crippen LogP contribution in [0, 0.1) is 0 Å². The van der Waals surface area contributed by atoms with Gasteiger partial charge < -0.3 is 4.74 Å². The molecular weight excluding hydrogens is 260 g/mol. The van der Waals surface area contributed by atoms with E-state index in [0.717, 1.165) is 12.1 Å². The van der Waals surface area contributed by atoms with Crippen molar-refractivity contribution in [1.82, 2.24) is 0 Å². The lowest BCUT2D eigenvalue weighted by Crippen LogP contribution is -2.36. The molecule has 20 heavy (non-hydrogen) atoms. The molecule has 0 amide bonds. The number of benzene rings is 1. The van der Waals surface area contributed by atoms with E-state index in [1.54, 1.807) is 0 Å². The van der Waals surface area contributed by atoms with E-state index in [0.29, 0.717) is 11.1 Å². The topological polar surface area (TPSA) is 9.23 Å². The fourth-order valence-electron chi connectivity index (χ4n) is 3.54. The lowest BCUT2D eigenvalue weighted by atomic mass is 9.79. The molecule has 2 unspecified atom stereocenters. The van der Waals surface area contributed by atoms with Crippen LogP contribution in [0.2, 0.25) is 5.54 Å². The molecule has 1 heterocycles. The van der Waals surface area contributed by atoms with Crippen molar-refractivity contribution in [2.24, 2.45) is 0 Å². The van der Waals surface area contributed by atoms with Gasteiger partial charge in [0.1, 0.15) is 0 Å². The minimum absolute atomic E-state index is 0.202. The Bertz CT molecular complexity index is 382. The van der Waals surface area contributed by atoms with Crippen LogP contribution in [0.15, 0.2) is 30.3 Å². The van der Waals surface area contributed by atoms with E-state index in [1.165, 1.54) is 37.7 Å². The summed E-state index contributed by atoms with van der Waals surface area (Å²) in [5.74, 6) is 0. The standard InChI is InChI=1S/C18H30OSi/c1-4-10-16(20-17-13-8-9-14-19-17)18(2,3)15-11-6-5-7-12-15/h5-7,11-12,16-17H,4,8-10,13-14,20H2,1-3H3. The summed E-state index contributed by atoms with van der Waals surface area (Å²) in [5, 5.41) is 0. The van der Waals surface area contributed by atoms with Crippen molar-refractivity contribution in [3.8, 4) is 0 Å². The van der Waals surface area contributed by atoms with Gasteiger partial charge >= 0.3 is 0 Å². The Hall–Kier alpha value is -0.603. The molecule has 0 aromatic heterocycles. The fourth-order valence-corrected chi connectivity index (χ4v) is 6.47. The molecule has 0 spiro atoms. The monoisotopic (exact) mass is 290 g/mol. The maximum atomic E-state index is 6.05. The van der Waals surface area contributed by atoms with Gasteiger partial charge in [0, 0.05) is 12.3 Å². The molecule has 0 N–H and O–H groups in total. The summed E-state index contributed by atoms with van der Waals surface area (Å²) in [6.45, 7) is 8.21. The van der Waals surface area contributed by atoms with Crippen LogP contribution >= 0.6 is 0 Å². The summed E-state index contributed by atoms with van der Waals surface area (Å²) >= 11 is 0. The first-order valence-electron chi connectivity index (χ1n) is 8.31. The first-order valence-corrected chi connectivity index (χ1v) is 9.95. The van der Waals surface area contributed by atoms with Crippen LogP contribution < -0.4 is 0 Å². The van der Waals surface area contributed by atoms with Crippen LogP contribution in [0.4, 0.5) is 0 Å². The predicted molar refractivity (Wildman–Crippen MR) is 90.3 cm³/mol. The molecule has 1 aliphatic rings. The van der Waals surface area contributed by atoms with Gasteiger partial charge in [-0.15, -0.1) is 0 Å². The van der Waals surface area contributed by atoms with Gasteiger partial charge in [-0.1, -0.05) is 63.9 Å². The molecule has 0 aliphatic carbocycles. The molecule has 2 atom stereocenters. The van der Waals surface area contributed by atoms with Crippen molar-refractivity contribution >= 4 is 9.52 Å². The second-order valence-corrected chi connectivity index (χ2v) is 9.17. The molecule has 1 saturated heterocycles. The molecule has 2 rings (SSSR count). The fraction of sp³-hybridized carbons (Fsp3) is 0.667. The minimum Gasteiger partial charge on any atom is -0.382 e. The predicted octanol–water partition coefficient (Wildman–Crippen LogP) is 4.25. The molecule has 1 aromatic carbocycles. The Morgan fingerprint density at radius 3 is 2.60 bits per heavy atom. The van der Waals surface area contributed by atoms with Crippen molar-refractivity contribution in [3.05, 3.63) is 35.9 Å². The van der Waals surface area contributed by atoms with Crippen molar-refractivity contribution < 1.29 is 4.74 Å². The molecule has 2 heteroatoms. The Labute approximate surface area is 126 Å². The van der Waals surface area contributed by atoms with Crippen molar-refractivity contribution in [3.63, 3.8) is 0 Å². The Kier molecular flexibility index (Phi) is 5.85. The molecule has 1 fully saturated rings. The number of ether oxygens (including phenoxy) is 1. The van der Waals surface area contributed by atoms with Gasteiger partial charge in [0.05, 0.1) is 9.52 Å². The molecule has 1 aliphatic heterocycles. The average molecular weight is 291 g/mol. The van der Waals surface area contributed by atoms with Crippen molar-refractivity contribution in [2.45, 2.75) is 69.6 Å². The highest BCUT2D eigenvalue weighted by Gasteiger charge is 2.33. The van der Waals surface area contributed by atoms with Crippen LogP contribution in [-0.2, 0) is 10.2 Å². The van der Waals surface area contributed by atoms with Crippen LogP contribution in [0.1, 0.15) is 58.4 Å². The average Bonchev–Trinajstić information content (AvgIpc) is 2.49. The number of hydrogen-bond acceptors (Lipinski definition) is 1. The van der Waals surface area contributed by atoms with Crippen molar-refractivity contribution in [2.75, 3.05) is 6.61 Å². The quantitative estimate of drug-likeness (QED) is 0.712. The van der Waals surface area contributed by atoms with E-state index in [9.17, 15) is 0 Å². The zero-order chi connectivity index (χ0) is 14.4. The summed E-state index contributed by atoms with van der Waals surface area (Å²) in [6, 6.07) is 11.1. The van der Waals surface area contributed by atoms with Crippen LogP contribution in [0.25, 0.3) is 0 Å². The van der Waals surface area contributed by atoms with Gasteiger partial charge in [0.15, 0.2) is 0 Å². The van der Waals surface area contributed by atoms with E-state index in [-0.39, 0.29) is 9.52 Å². The second kappa shape index (κ2) is 7.42. The lowest BCUT2D eigenvalue weighted by Gasteiger charge is -2.37. The maximum Gasteiger partial charge on any atom is 0.0595 e. The SMILES string of the molecule is CCCC([SiH2]C1CCCCO1)C(C)(C)c1ccccc1. The summed E-state index contributed by atoms with van der Waals surface area (Å²) in [5.41, 5.74) is 3.27. The smallest absolute Gasteiger partial charge is 0.0595 e. The van der Waals surface area contributed by atoms with E-state index in [2.05, 4.69) is 51.1 Å². The Balaban J connectivity index is 2.09. The summed E-state index contributed by atoms with van der Waals surface area (Å²) in [7, 11) is -0.202. The van der Waals surface area contributed by atoms with Crippen LogP contribution in [-0.4, -0.2) is 21.9 Å². The molecule has 0 bridgehead atoms. The molecule has 1 nitrogen and oxygen atoms in total. The third kappa shape index (κ3) is 3.95. The normalized spacial score (nSPS) is 22.2. The summed E-state index contributed by atoms with van der Waals surface area (Å²) < 4.78 is 6.05. The highest BCUT2D eigenvalue weighted by molar-refractivity contribution is 6.39. The summed E-state index contributed by atoms with van der Waals surface area (Å²) in [4.78, 5) is 0. The van der Waals surface area contributed by atoms with Gasteiger partial charge in [-0.05, 0) is 35.8 Å². The second-order valence-electron chi connectivity index (χ2n) is 6.80. The van der Waals surface area contributed by atoms with E-state index < -0.39 is 0 Å². The van der Waals surface area contributed by atoms with Gasteiger partial charge in [-0.25, -0.2) is 0 Å². The first kappa shape index (κ1) is 15.8. The largest absolute Gasteiger partial charge is 0.382 e. The van der Waals surface area contributed by atoms with Gasteiger partial charge in [-0.3, -0.25) is 0 Å². The Morgan fingerprint density at radius 1 is 1.25 bits per heavy atom. The molecule has 0 saturated carbocycles. The van der Waals surface area contributed by atoms with E-state index in [4.69, 9.17) is 4.74 Å². The summed E-state index contributed by atoms with van der Waals surface area (Å²) in [6.07, 6.45) is 6.61. The third-order valence-electron chi connectivity index (χ3n) is 5.00. The minimum atomic E-state index is -0.202. The molecular formula is C18H30OSi. The first-order chi connectivity index (χ1) is 9.64. The van der Waals surface area contributed by atoms with Crippen LogP contribution in [0.5, 0.6) is 0 Å². The third-order valence-corrected chi connectivity index (χ3v) is 8.16. The highest BCUT2D eigenvalue weighted by atomic mass is 28.2. The van der Waals surface area contributed by atoms with Crippen LogP contribution in [0.3, 0.4) is 0 Å². The number of hydrogen-bond donors (Lipinski definition) is 0. The highest BCUT2D eigenvalue weighted by Crippen LogP contribution is 2.39. The lowest BCUT2D eigenvalue weighted by molar-refractivity contribution is 0.0634. The van der Waals surface area contributed by atoms with Crippen molar-refractivity contribution in [1.29, 1.82) is 0 Å². The van der Waals surface area contributed by atoms with Gasteiger partial charge in [0.2, 0.25) is 0 Å². The van der Waals surface area contributed by atoms with E-state index in [1.807, 2.05) is 0 Å². The van der Waals surface area contributed by atoms with E-state index >= 15 is 0 Å². The Morgan fingerprint density at radius 2 is 2.00 bits per heavy atom. The maximum absolute atomic E-state index is 6.05. The zero-order valence-electron chi connectivity index (χ0n) is 13.4. The number of rotatable bonds is 6. The van der Waals surface area contributed by atoms with Gasteiger partial charge in [0.25, 0.3) is 0 Å². The molecule has 0 radical (unpaired) electrons.